The molecular weight excluding hydrogens is 364 g/mol. The molecule has 1 aliphatic rings. The molecule has 8 nitrogen and oxygen atoms in total. The Morgan fingerprint density at radius 2 is 1.54 bits per heavy atom. The van der Waals surface area contributed by atoms with E-state index in [4.69, 9.17) is 0 Å². The molecule has 28 heavy (non-hydrogen) atoms. The second-order valence-electron chi connectivity index (χ2n) is 6.15. The molecular formula is C20H12N2O6. The van der Waals surface area contributed by atoms with Crippen LogP contribution in [-0.2, 0) is 0 Å². The summed E-state index contributed by atoms with van der Waals surface area (Å²) in [4.78, 5) is 36.5. The predicted octanol–water partition coefficient (Wildman–Crippen LogP) is 3.53. The van der Waals surface area contributed by atoms with Gasteiger partial charge in [-0.3, -0.25) is 19.7 Å². The van der Waals surface area contributed by atoms with Crippen molar-refractivity contribution in [1.29, 1.82) is 0 Å². The summed E-state index contributed by atoms with van der Waals surface area (Å²) in [7, 11) is 0. The zero-order chi connectivity index (χ0) is 20.0. The van der Waals surface area contributed by atoms with Crippen molar-refractivity contribution >= 4 is 28.6 Å². The van der Waals surface area contributed by atoms with Gasteiger partial charge in [-0.05, 0) is 24.3 Å². The lowest BCUT2D eigenvalue weighted by atomic mass is 9.82. The smallest absolute Gasteiger partial charge is 0.326 e. The molecule has 0 heterocycles. The van der Waals surface area contributed by atoms with Gasteiger partial charge >= 0.3 is 5.69 Å². The largest absolute Gasteiger partial charge is 0.504 e. The van der Waals surface area contributed by atoms with Crippen molar-refractivity contribution in [3.63, 3.8) is 0 Å². The Balaban J connectivity index is 1.94. The molecule has 1 aliphatic carbocycles. The molecule has 3 aromatic rings. The SMILES string of the molecule is O=C1c2cc(O)c(O)c([N+](=O)[O-])c2C(=O)c2cccc(Nc3ccccc3)c21. The van der Waals surface area contributed by atoms with Gasteiger partial charge in [-0.2, -0.15) is 0 Å². The van der Waals surface area contributed by atoms with Gasteiger partial charge in [-0.1, -0.05) is 30.3 Å². The van der Waals surface area contributed by atoms with Crippen molar-refractivity contribution < 1.29 is 24.7 Å². The molecule has 0 aromatic heterocycles. The molecule has 3 N–H and O–H groups in total. The number of para-hydroxylation sites is 1. The summed E-state index contributed by atoms with van der Waals surface area (Å²) in [6.07, 6.45) is 0. The zero-order valence-electron chi connectivity index (χ0n) is 14.2. The molecule has 0 atom stereocenters. The topological polar surface area (TPSA) is 130 Å². The molecule has 0 saturated carbocycles. The average molecular weight is 376 g/mol. The average Bonchev–Trinajstić information content (AvgIpc) is 2.68. The fourth-order valence-electron chi connectivity index (χ4n) is 3.27. The molecule has 8 heteroatoms. The first-order chi connectivity index (χ1) is 13.4. The number of ketones is 2. The highest BCUT2D eigenvalue weighted by atomic mass is 16.6. The van der Waals surface area contributed by atoms with E-state index in [2.05, 4.69) is 5.32 Å². The standard InChI is InChI=1S/C20H12N2O6/c23-14-9-12-16(17(20(14)26)22(27)28)18(24)11-7-4-8-13(15(11)19(12)25)21-10-5-2-1-3-6-10/h1-9,21,23,26H. The van der Waals surface area contributed by atoms with Gasteiger partial charge in [0.15, 0.2) is 11.5 Å². The molecule has 0 aliphatic heterocycles. The molecule has 0 bridgehead atoms. The Bertz CT molecular complexity index is 1170. The first-order valence-electron chi connectivity index (χ1n) is 8.18. The first-order valence-corrected chi connectivity index (χ1v) is 8.18. The number of phenols is 2. The number of nitro groups is 1. The first kappa shape index (κ1) is 17.2. The molecule has 0 spiro atoms. The summed E-state index contributed by atoms with van der Waals surface area (Å²) in [6, 6.07) is 14.4. The van der Waals surface area contributed by atoms with E-state index in [1.54, 1.807) is 36.4 Å². The van der Waals surface area contributed by atoms with Gasteiger partial charge in [0.2, 0.25) is 11.5 Å². The number of anilines is 2. The number of phenolic OH excluding ortho intramolecular Hbond substituents is 2. The molecule has 0 saturated heterocycles. The number of hydrogen-bond acceptors (Lipinski definition) is 7. The fraction of sp³-hybridized carbons (Fsp3) is 0. The molecule has 0 unspecified atom stereocenters. The summed E-state index contributed by atoms with van der Waals surface area (Å²) in [5, 5.41) is 34.1. The number of carbonyl (C=O) groups is 2. The number of fused-ring (bicyclic) bond motifs is 2. The number of nitro benzene ring substituents is 1. The van der Waals surface area contributed by atoms with Crippen LogP contribution in [0.1, 0.15) is 31.8 Å². The normalized spacial score (nSPS) is 12.3. The van der Waals surface area contributed by atoms with E-state index in [-0.39, 0.29) is 16.7 Å². The van der Waals surface area contributed by atoms with Gasteiger partial charge in [-0.15, -0.1) is 0 Å². The summed E-state index contributed by atoms with van der Waals surface area (Å²) < 4.78 is 0. The highest BCUT2D eigenvalue weighted by molar-refractivity contribution is 6.32. The highest BCUT2D eigenvalue weighted by Gasteiger charge is 2.40. The maximum atomic E-state index is 13.1. The van der Waals surface area contributed by atoms with Crippen molar-refractivity contribution in [2.24, 2.45) is 0 Å². The van der Waals surface area contributed by atoms with Crippen molar-refractivity contribution in [3.05, 3.63) is 87.0 Å². The summed E-state index contributed by atoms with van der Waals surface area (Å²) in [6.45, 7) is 0. The molecule has 0 fully saturated rings. The fourth-order valence-corrected chi connectivity index (χ4v) is 3.27. The molecule has 3 aromatic carbocycles. The Hall–Kier alpha value is -4.20. The minimum Gasteiger partial charge on any atom is -0.504 e. The highest BCUT2D eigenvalue weighted by Crippen LogP contribution is 2.45. The van der Waals surface area contributed by atoms with Gasteiger partial charge in [0, 0.05) is 16.8 Å². The van der Waals surface area contributed by atoms with Gasteiger partial charge in [0.05, 0.1) is 16.2 Å². The summed E-state index contributed by atoms with van der Waals surface area (Å²) >= 11 is 0. The molecule has 4 rings (SSSR count). The third-order valence-electron chi connectivity index (χ3n) is 4.50. The second kappa shape index (κ2) is 6.20. The second-order valence-corrected chi connectivity index (χ2v) is 6.15. The quantitative estimate of drug-likeness (QED) is 0.283. The van der Waals surface area contributed by atoms with E-state index in [1.807, 2.05) is 6.07 Å². The van der Waals surface area contributed by atoms with Gasteiger partial charge in [0.25, 0.3) is 0 Å². The van der Waals surface area contributed by atoms with Crippen LogP contribution < -0.4 is 5.32 Å². The maximum absolute atomic E-state index is 13.1. The number of benzene rings is 3. The summed E-state index contributed by atoms with van der Waals surface area (Å²) in [5.41, 5.74) is -0.795. The van der Waals surface area contributed by atoms with Crippen LogP contribution in [0, 0.1) is 10.1 Å². The minimum absolute atomic E-state index is 0.0216. The molecule has 0 radical (unpaired) electrons. The van der Waals surface area contributed by atoms with Crippen molar-refractivity contribution in [3.8, 4) is 11.5 Å². The lowest BCUT2D eigenvalue weighted by Crippen LogP contribution is -2.23. The Morgan fingerprint density at radius 3 is 2.21 bits per heavy atom. The predicted molar refractivity (Wildman–Crippen MR) is 99.5 cm³/mol. The van der Waals surface area contributed by atoms with Crippen LogP contribution in [0.5, 0.6) is 11.5 Å². The lowest BCUT2D eigenvalue weighted by Gasteiger charge is -2.21. The van der Waals surface area contributed by atoms with Crippen LogP contribution >= 0.6 is 0 Å². The Kier molecular flexibility index (Phi) is 3.82. The Labute approximate surface area is 157 Å². The van der Waals surface area contributed by atoms with Gasteiger partial charge in [0.1, 0.15) is 5.56 Å². The van der Waals surface area contributed by atoms with E-state index in [1.165, 1.54) is 6.07 Å². The van der Waals surface area contributed by atoms with Crippen molar-refractivity contribution in [1.82, 2.24) is 0 Å². The van der Waals surface area contributed by atoms with Crippen molar-refractivity contribution in [2.45, 2.75) is 0 Å². The lowest BCUT2D eigenvalue weighted by molar-refractivity contribution is -0.386. The molecule has 0 amide bonds. The van der Waals surface area contributed by atoms with E-state index >= 15 is 0 Å². The number of nitrogens with one attached hydrogen (secondary N) is 1. The number of carbonyl (C=O) groups excluding carboxylic acids is 2. The summed E-state index contributed by atoms with van der Waals surface area (Å²) in [5.74, 6) is -3.33. The number of rotatable bonds is 3. The van der Waals surface area contributed by atoms with Crippen LogP contribution in [0.3, 0.4) is 0 Å². The van der Waals surface area contributed by atoms with Gasteiger partial charge < -0.3 is 15.5 Å². The van der Waals surface area contributed by atoms with E-state index < -0.39 is 39.2 Å². The van der Waals surface area contributed by atoms with Crippen LogP contribution in [-0.4, -0.2) is 26.7 Å². The van der Waals surface area contributed by atoms with Crippen LogP contribution in [0.4, 0.5) is 17.1 Å². The third-order valence-corrected chi connectivity index (χ3v) is 4.50. The Morgan fingerprint density at radius 1 is 0.857 bits per heavy atom. The van der Waals surface area contributed by atoms with E-state index in [9.17, 15) is 29.9 Å². The number of hydrogen-bond donors (Lipinski definition) is 3. The number of nitrogens with zero attached hydrogens (tertiary/aromatic N) is 1. The van der Waals surface area contributed by atoms with E-state index in [0.717, 1.165) is 6.07 Å². The minimum atomic E-state index is -1.05. The number of aromatic hydroxyl groups is 2. The molecule has 138 valence electrons. The van der Waals surface area contributed by atoms with Crippen LogP contribution in [0.25, 0.3) is 0 Å². The third kappa shape index (κ3) is 2.47. The van der Waals surface area contributed by atoms with E-state index in [0.29, 0.717) is 11.4 Å². The zero-order valence-corrected chi connectivity index (χ0v) is 14.2. The van der Waals surface area contributed by atoms with Crippen LogP contribution in [0.15, 0.2) is 54.6 Å². The monoisotopic (exact) mass is 376 g/mol. The van der Waals surface area contributed by atoms with Crippen LogP contribution in [0.2, 0.25) is 0 Å². The maximum Gasteiger partial charge on any atom is 0.326 e. The van der Waals surface area contributed by atoms with Gasteiger partial charge in [-0.25, -0.2) is 0 Å². The van der Waals surface area contributed by atoms with Crippen molar-refractivity contribution in [2.75, 3.05) is 5.32 Å².